The molecule has 0 unspecified atom stereocenters. The SMILES string of the molecule is CCCCCCCCCC/C=C/CCCCCN. The second kappa shape index (κ2) is 16.7. The van der Waals surface area contributed by atoms with Gasteiger partial charge in [-0.2, -0.15) is 0 Å². The van der Waals surface area contributed by atoms with Crippen molar-refractivity contribution in [2.24, 2.45) is 5.73 Å². The summed E-state index contributed by atoms with van der Waals surface area (Å²) in [6, 6.07) is 0. The fourth-order valence-electron chi connectivity index (χ4n) is 2.22. The van der Waals surface area contributed by atoms with Gasteiger partial charge in [-0.3, -0.25) is 0 Å². The van der Waals surface area contributed by atoms with Crippen LogP contribution >= 0.6 is 0 Å². The maximum absolute atomic E-state index is 5.46. The monoisotopic (exact) mass is 253 g/mol. The molecule has 0 rings (SSSR count). The first-order valence-electron chi connectivity index (χ1n) is 8.27. The first-order valence-corrected chi connectivity index (χ1v) is 8.27. The highest BCUT2D eigenvalue weighted by Gasteiger charge is 1.90. The molecular formula is C17H35N. The zero-order valence-electron chi connectivity index (χ0n) is 12.6. The Hall–Kier alpha value is -0.300. The minimum atomic E-state index is 0.849. The van der Waals surface area contributed by atoms with Crippen molar-refractivity contribution in [2.75, 3.05) is 6.54 Å². The highest BCUT2D eigenvalue weighted by atomic mass is 14.5. The molecule has 0 heterocycles. The van der Waals surface area contributed by atoms with E-state index in [2.05, 4.69) is 19.1 Å². The maximum Gasteiger partial charge on any atom is -0.00773 e. The lowest BCUT2D eigenvalue weighted by Gasteiger charge is -1.99. The lowest BCUT2D eigenvalue weighted by Crippen LogP contribution is -1.97. The van der Waals surface area contributed by atoms with Crippen LogP contribution in [0.25, 0.3) is 0 Å². The van der Waals surface area contributed by atoms with Gasteiger partial charge in [-0.25, -0.2) is 0 Å². The fourth-order valence-corrected chi connectivity index (χ4v) is 2.22. The quantitative estimate of drug-likeness (QED) is 0.317. The number of hydrogen-bond acceptors (Lipinski definition) is 1. The van der Waals surface area contributed by atoms with Gasteiger partial charge in [0.05, 0.1) is 0 Å². The first kappa shape index (κ1) is 17.7. The van der Waals surface area contributed by atoms with Crippen LogP contribution in [0.15, 0.2) is 12.2 Å². The average Bonchev–Trinajstić information content (AvgIpc) is 2.39. The lowest BCUT2D eigenvalue weighted by atomic mass is 10.1. The fraction of sp³-hybridized carbons (Fsp3) is 0.882. The molecule has 0 spiro atoms. The van der Waals surface area contributed by atoms with Gasteiger partial charge in [0, 0.05) is 0 Å². The van der Waals surface area contributed by atoms with Crippen LogP contribution in [0.5, 0.6) is 0 Å². The second-order valence-corrected chi connectivity index (χ2v) is 5.37. The van der Waals surface area contributed by atoms with Gasteiger partial charge in [-0.1, -0.05) is 70.4 Å². The molecule has 0 aliphatic carbocycles. The highest BCUT2D eigenvalue weighted by molar-refractivity contribution is 4.81. The predicted molar refractivity (Wildman–Crippen MR) is 83.9 cm³/mol. The van der Waals surface area contributed by atoms with Crippen LogP contribution in [0.4, 0.5) is 0 Å². The van der Waals surface area contributed by atoms with E-state index in [9.17, 15) is 0 Å². The molecule has 0 fully saturated rings. The van der Waals surface area contributed by atoms with Crippen LogP contribution in [0.2, 0.25) is 0 Å². The molecule has 0 aliphatic rings. The van der Waals surface area contributed by atoms with E-state index in [-0.39, 0.29) is 0 Å². The summed E-state index contributed by atoms with van der Waals surface area (Å²) >= 11 is 0. The smallest absolute Gasteiger partial charge is 0.00773 e. The third-order valence-electron chi connectivity index (χ3n) is 3.47. The molecule has 0 aromatic rings. The molecule has 0 aromatic carbocycles. The molecule has 108 valence electrons. The lowest BCUT2D eigenvalue weighted by molar-refractivity contribution is 0.577. The molecular weight excluding hydrogens is 218 g/mol. The number of hydrogen-bond donors (Lipinski definition) is 1. The van der Waals surface area contributed by atoms with E-state index in [1.165, 1.54) is 83.5 Å². The summed E-state index contributed by atoms with van der Waals surface area (Å²) in [6.07, 6.45) is 22.4. The van der Waals surface area contributed by atoms with Crippen molar-refractivity contribution in [3.63, 3.8) is 0 Å². The average molecular weight is 253 g/mol. The first-order chi connectivity index (χ1) is 8.91. The van der Waals surface area contributed by atoms with E-state index in [1.807, 2.05) is 0 Å². The van der Waals surface area contributed by atoms with Crippen molar-refractivity contribution >= 4 is 0 Å². The zero-order chi connectivity index (χ0) is 13.3. The number of allylic oxidation sites excluding steroid dienone is 2. The molecule has 1 heteroatoms. The minimum absolute atomic E-state index is 0.849. The Morgan fingerprint density at radius 2 is 1.06 bits per heavy atom. The molecule has 0 atom stereocenters. The van der Waals surface area contributed by atoms with Gasteiger partial charge in [-0.05, 0) is 38.6 Å². The van der Waals surface area contributed by atoms with E-state index in [4.69, 9.17) is 5.73 Å². The Morgan fingerprint density at radius 3 is 1.56 bits per heavy atom. The van der Waals surface area contributed by atoms with Crippen molar-refractivity contribution in [3.8, 4) is 0 Å². The molecule has 2 N–H and O–H groups in total. The topological polar surface area (TPSA) is 26.0 Å². The number of unbranched alkanes of at least 4 members (excludes halogenated alkanes) is 11. The summed E-state index contributed by atoms with van der Waals surface area (Å²) in [6.45, 7) is 3.13. The van der Waals surface area contributed by atoms with E-state index in [0.717, 1.165) is 6.54 Å². The van der Waals surface area contributed by atoms with E-state index in [1.54, 1.807) is 0 Å². The Labute approximate surface area is 115 Å². The Bertz CT molecular complexity index is 163. The van der Waals surface area contributed by atoms with Crippen molar-refractivity contribution in [1.29, 1.82) is 0 Å². The van der Waals surface area contributed by atoms with Crippen molar-refractivity contribution in [3.05, 3.63) is 12.2 Å². The van der Waals surface area contributed by atoms with Gasteiger partial charge in [0.15, 0.2) is 0 Å². The van der Waals surface area contributed by atoms with Crippen molar-refractivity contribution in [2.45, 2.75) is 90.4 Å². The zero-order valence-corrected chi connectivity index (χ0v) is 12.6. The summed E-state index contributed by atoms with van der Waals surface area (Å²) in [5, 5.41) is 0. The van der Waals surface area contributed by atoms with Gasteiger partial charge in [0.25, 0.3) is 0 Å². The Balaban J connectivity index is 2.99. The Morgan fingerprint density at radius 1 is 0.611 bits per heavy atom. The van der Waals surface area contributed by atoms with E-state index < -0.39 is 0 Å². The van der Waals surface area contributed by atoms with E-state index in [0.29, 0.717) is 0 Å². The van der Waals surface area contributed by atoms with Gasteiger partial charge in [-0.15, -0.1) is 0 Å². The normalized spacial score (nSPS) is 11.4. The third-order valence-corrected chi connectivity index (χ3v) is 3.47. The standard InChI is InChI=1S/C17H35N/c1-2-3-4-5-6-7-8-9-10-11-12-13-14-15-16-17-18/h11-12H,2-10,13-18H2,1H3/b12-11+. The molecule has 18 heavy (non-hydrogen) atoms. The molecule has 1 nitrogen and oxygen atoms in total. The van der Waals surface area contributed by atoms with Crippen LogP contribution in [-0.4, -0.2) is 6.54 Å². The predicted octanol–water partition coefficient (Wildman–Crippen LogP) is 5.59. The largest absolute Gasteiger partial charge is 0.330 e. The third kappa shape index (κ3) is 15.7. The van der Waals surface area contributed by atoms with Gasteiger partial charge in [0.1, 0.15) is 0 Å². The molecule has 0 aliphatic heterocycles. The summed E-state index contributed by atoms with van der Waals surface area (Å²) in [5.74, 6) is 0. The molecule has 0 saturated carbocycles. The molecule has 0 radical (unpaired) electrons. The molecule has 0 saturated heterocycles. The minimum Gasteiger partial charge on any atom is -0.330 e. The van der Waals surface area contributed by atoms with Crippen LogP contribution in [0.1, 0.15) is 90.4 Å². The molecule has 0 bridgehead atoms. The summed E-state index contributed by atoms with van der Waals surface area (Å²) in [5.41, 5.74) is 5.46. The Kier molecular flexibility index (Phi) is 16.4. The summed E-state index contributed by atoms with van der Waals surface area (Å²) in [4.78, 5) is 0. The van der Waals surface area contributed by atoms with E-state index >= 15 is 0 Å². The van der Waals surface area contributed by atoms with Crippen LogP contribution < -0.4 is 5.73 Å². The van der Waals surface area contributed by atoms with Crippen molar-refractivity contribution < 1.29 is 0 Å². The van der Waals surface area contributed by atoms with Crippen LogP contribution in [0.3, 0.4) is 0 Å². The summed E-state index contributed by atoms with van der Waals surface area (Å²) < 4.78 is 0. The van der Waals surface area contributed by atoms with Crippen LogP contribution in [-0.2, 0) is 0 Å². The highest BCUT2D eigenvalue weighted by Crippen LogP contribution is 2.10. The second-order valence-electron chi connectivity index (χ2n) is 5.37. The number of rotatable bonds is 14. The van der Waals surface area contributed by atoms with Gasteiger partial charge >= 0.3 is 0 Å². The summed E-state index contributed by atoms with van der Waals surface area (Å²) in [7, 11) is 0. The number of nitrogens with two attached hydrogens (primary N) is 1. The maximum atomic E-state index is 5.46. The van der Waals surface area contributed by atoms with Crippen LogP contribution in [0, 0.1) is 0 Å². The molecule has 0 amide bonds. The molecule has 0 aromatic heterocycles. The van der Waals surface area contributed by atoms with Crippen molar-refractivity contribution in [1.82, 2.24) is 0 Å². The van der Waals surface area contributed by atoms with Gasteiger partial charge in [0.2, 0.25) is 0 Å². The van der Waals surface area contributed by atoms with Gasteiger partial charge < -0.3 is 5.73 Å².